The lowest BCUT2D eigenvalue weighted by Gasteiger charge is -2.35. The van der Waals surface area contributed by atoms with Crippen molar-refractivity contribution in [1.29, 1.82) is 0 Å². The third-order valence-corrected chi connectivity index (χ3v) is 6.15. The van der Waals surface area contributed by atoms with E-state index in [0.29, 0.717) is 25.6 Å². The first-order valence-electron chi connectivity index (χ1n) is 10.2. The van der Waals surface area contributed by atoms with Crippen molar-refractivity contribution in [3.05, 3.63) is 23.8 Å². The van der Waals surface area contributed by atoms with E-state index >= 15 is 0 Å². The van der Waals surface area contributed by atoms with Crippen molar-refractivity contribution in [2.24, 2.45) is 5.92 Å². The van der Waals surface area contributed by atoms with Gasteiger partial charge in [0.15, 0.2) is 11.6 Å². The lowest BCUT2D eigenvalue weighted by Crippen LogP contribution is -2.49. The van der Waals surface area contributed by atoms with Gasteiger partial charge in [0.05, 0.1) is 30.9 Å². The summed E-state index contributed by atoms with van der Waals surface area (Å²) in [6.45, 7) is 1.66. The minimum Gasteiger partial charge on any atom is -0.453 e. The lowest BCUT2D eigenvalue weighted by molar-refractivity contribution is 0.121. The van der Waals surface area contributed by atoms with Gasteiger partial charge in [-0.25, -0.2) is 18.4 Å². The first-order valence-corrected chi connectivity index (χ1v) is 10.6. The lowest BCUT2D eigenvalue weighted by atomic mass is 10.2. The summed E-state index contributed by atoms with van der Waals surface area (Å²) in [6, 6.07) is 2.27. The molecule has 1 aromatic rings. The van der Waals surface area contributed by atoms with Crippen LogP contribution in [0.5, 0.6) is 0 Å². The fourth-order valence-corrected chi connectivity index (χ4v) is 4.11. The standard InChI is InChI=1S/C20H24F2N4O4S/c1-29-19(27)25-6-4-24(5-7-25)17-15(21)8-13(9-16(17)22)26-11-14(30-20(26)28)10-23-18(31)12-2-3-12/h8-9,12,14H,2-7,10-11H2,1H3,(H,23,31)/t14-/m0/s1. The maximum Gasteiger partial charge on any atom is 0.414 e. The number of methoxy groups -OCH3 is 1. The van der Waals surface area contributed by atoms with E-state index in [0.717, 1.165) is 30.0 Å². The fraction of sp³-hybridized carbons (Fsp3) is 0.550. The third-order valence-electron chi connectivity index (χ3n) is 5.67. The molecule has 0 bridgehead atoms. The van der Waals surface area contributed by atoms with Crippen LogP contribution in [0.15, 0.2) is 12.1 Å². The van der Waals surface area contributed by atoms with Crippen LogP contribution in [0.3, 0.4) is 0 Å². The average molecular weight is 454 g/mol. The van der Waals surface area contributed by atoms with Gasteiger partial charge < -0.3 is 24.6 Å². The number of benzene rings is 1. The van der Waals surface area contributed by atoms with Crippen LogP contribution >= 0.6 is 12.2 Å². The second-order valence-corrected chi connectivity index (χ2v) is 8.28. The van der Waals surface area contributed by atoms with Gasteiger partial charge in [0.25, 0.3) is 0 Å². The van der Waals surface area contributed by atoms with Crippen molar-refractivity contribution < 1.29 is 27.8 Å². The number of hydrogen-bond acceptors (Lipinski definition) is 6. The minimum atomic E-state index is -0.772. The summed E-state index contributed by atoms with van der Waals surface area (Å²) in [5.74, 6) is -1.13. The highest BCUT2D eigenvalue weighted by molar-refractivity contribution is 7.80. The van der Waals surface area contributed by atoms with Crippen LogP contribution < -0.4 is 15.1 Å². The number of carbonyl (C=O) groups excluding carboxylic acids is 2. The van der Waals surface area contributed by atoms with Gasteiger partial charge in [-0.1, -0.05) is 12.2 Å². The Hall–Kier alpha value is -2.69. The number of amides is 2. The Bertz CT molecular complexity index is 867. The second kappa shape index (κ2) is 8.81. The topological polar surface area (TPSA) is 74.3 Å². The van der Waals surface area contributed by atoms with E-state index in [2.05, 4.69) is 10.1 Å². The molecule has 31 heavy (non-hydrogen) atoms. The monoisotopic (exact) mass is 454 g/mol. The number of nitrogens with zero attached hydrogens (tertiary/aromatic N) is 3. The Labute approximate surface area is 184 Å². The van der Waals surface area contributed by atoms with Crippen LogP contribution in [0.4, 0.5) is 29.7 Å². The normalized spacial score (nSPS) is 21.2. The maximum atomic E-state index is 14.8. The molecule has 3 fully saturated rings. The summed E-state index contributed by atoms with van der Waals surface area (Å²) in [5.41, 5.74) is -0.0713. The Morgan fingerprint density at radius 1 is 1.23 bits per heavy atom. The number of nitrogens with one attached hydrogen (secondary N) is 1. The molecule has 2 amide bonds. The predicted molar refractivity (Wildman–Crippen MR) is 113 cm³/mol. The predicted octanol–water partition coefficient (Wildman–Crippen LogP) is 2.51. The van der Waals surface area contributed by atoms with Gasteiger partial charge in [0.2, 0.25) is 0 Å². The Balaban J connectivity index is 1.40. The van der Waals surface area contributed by atoms with Crippen molar-refractivity contribution in [3.63, 3.8) is 0 Å². The summed E-state index contributed by atoms with van der Waals surface area (Å²) in [7, 11) is 1.29. The molecule has 1 aliphatic carbocycles. The molecule has 0 unspecified atom stereocenters. The van der Waals surface area contributed by atoms with Crippen molar-refractivity contribution in [2.45, 2.75) is 18.9 Å². The number of ether oxygens (including phenoxy) is 2. The zero-order chi connectivity index (χ0) is 22.1. The SMILES string of the molecule is COC(=O)N1CCN(c2c(F)cc(N3C[C@H](CNC(=S)C4CC4)OC3=O)cc2F)CC1. The minimum absolute atomic E-state index is 0.101. The molecule has 0 radical (unpaired) electrons. The van der Waals surface area contributed by atoms with Gasteiger partial charge in [-0.3, -0.25) is 4.90 Å². The molecular formula is C20H24F2N4O4S. The molecule has 3 aliphatic rings. The molecule has 1 aromatic carbocycles. The summed E-state index contributed by atoms with van der Waals surface area (Å²) in [6.07, 6.45) is 0.574. The zero-order valence-corrected chi connectivity index (χ0v) is 17.9. The quantitative estimate of drug-likeness (QED) is 0.686. The van der Waals surface area contributed by atoms with Gasteiger partial charge in [0, 0.05) is 44.2 Å². The van der Waals surface area contributed by atoms with Crippen molar-refractivity contribution in [1.82, 2.24) is 10.2 Å². The highest BCUT2D eigenvalue weighted by Gasteiger charge is 2.35. The summed E-state index contributed by atoms with van der Waals surface area (Å²) < 4.78 is 39.7. The number of piperazine rings is 1. The van der Waals surface area contributed by atoms with Gasteiger partial charge >= 0.3 is 12.2 Å². The van der Waals surface area contributed by atoms with Gasteiger partial charge in [-0.2, -0.15) is 0 Å². The largest absolute Gasteiger partial charge is 0.453 e. The van der Waals surface area contributed by atoms with Crippen LogP contribution in [0.2, 0.25) is 0 Å². The first kappa shape index (κ1) is 21.5. The first-order chi connectivity index (χ1) is 14.9. The molecule has 4 rings (SSSR count). The molecule has 2 heterocycles. The van der Waals surface area contributed by atoms with E-state index in [9.17, 15) is 18.4 Å². The van der Waals surface area contributed by atoms with Crippen LogP contribution in [0.25, 0.3) is 0 Å². The Morgan fingerprint density at radius 3 is 2.45 bits per heavy atom. The molecule has 2 aliphatic heterocycles. The van der Waals surface area contributed by atoms with Crippen LogP contribution in [0, 0.1) is 17.6 Å². The summed E-state index contributed by atoms with van der Waals surface area (Å²) in [5, 5.41) is 3.11. The highest BCUT2D eigenvalue weighted by Crippen LogP contribution is 2.32. The maximum absolute atomic E-state index is 14.8. The van der Waals surface area contributed by atoms with Crippen molar-refractivity contribution in [2.75, 3.05) is 56.2 Å². The molecule has 1 atom stereocenters. The van der Waals surface area contributed by atoms with E-state index in [4.69, 9.17) is 17.0 Å². The number of anilines is 2. The molecule has 0 aromatic heterocycles. The highest BCUT2D eigenvalue weighted by atomic mass is 32.1. The molecule has 8 nitrogen and oxygen atoms in total. The zero-order valence-electron chi connectivity index (χ0n) is 17.1. The van der Waals surface area contributed by atoms with Gasteiger partial charge in [0.1, 0.15) is 11.8 Å². The molecule has 168 valence electrons. The fourth-order valence-electron chi connectivity index (χ4n) is 3.79. The van der Waals surface area contributed by atoms with Crippen molar-refractivity contribution in [3.8, 4) is 0 Å². The molecular weight excluding hydrogens is 430 g/mol. The number of thiocarbonyl (C=S) groups is 1. The second-order valence-electron chi connectivity index (χ2n) is 7.84. The van der Waals surface area contributed by atoms with E-state index in [1.54, 1.807) is 4.90 Å². The number of cyclic esters (lactones) is 1. The molecule has 11 heteroatoms. The van der Waals surface area contributed by atoms with Crippen LogP contribution in [0.1, 0.15) is 12.8 Å². The molecule has 2 saturated heterocycles. The summed E-state index contributed by atoms with van der Waals surface area (Å²) >= 11 is 5.27. The number of hydrogen-bond donors (Lipinski definition) is 1. The number of rotatable bonds is 5. The van der Waals surface area contributed by atoms with E-state index in [1.807, 2.05) is 0 Å². The van der Waals surface area contributed by atoms with E-state index in [1.165, 1.54) is 16.9 Å². The van der Waals surface area contributed by atoms with E-state index in [-0.39, 0.29) is 31.0 Å². The smallest absolute Gasteiger partial charge is 0.414 e. The number of carbonyl (C=O) groups is 2. The summed E-state index contributed by atoms with van der Waals surface area (Å²) in [4.78, 5) is 28.8. The van der Waals surface area contributed by atoms with Crippen molar-refractivity contribution >= 4 is 40.8 Å². The van der Waals surface area contributed by atoms with Crippen LogP contribution in [-0.2, 0) is 9.47 Å². The molecule has 1 N–H and O–H groups in total. The van der Waals surface area contributed by atoms with Crippen LogP contribution in [-0.4, -0.2) is 74.6 Å². The third kappa shape index (κ3) is 4.65. The molecule has 0 spiro atoms. The van der Waals surface area contributed by atoms with Gasteiger partial charge in [-0.15, -0.1) is 0 Å². The van der Waals surface area contributed by atoms with E-state index < -0.39 is 29.9 Å². The Kier molecular flexibility index (Phi) is 6.12. The number of halogens is 2. The average Bonchev–Trinajstić information content (AvgIpc) is 3.54. The van der Waals surface area contributed by atoms with Gasteiger partial charge in [-0.05, 0) is 12.8 Å². The Morgan fingerprint density at radius 2 is 1.87 bits per heavy atom. The molecule has 1 saturated carbocycles.